The topological polar surface area (TPSA) is 83.8 Å². The molecule has 0 radical (unpaired) electrons. The maximum atomic E-state index is 12.4. The number of aromatic amines is 1. The van der Waals surface area contributed by atoms with Crippen molar-refractivity contribution in [1.29, 1.82) is 0 Å². The molecular weight excluding hydrogens is 252 g/mol. The quantitative estimate of drug-likeness (QED) is 0.795. The van der Waals surface area contributed by atoms with Gasteiger partial charge in [-0.2, -0.15) is 5.10 Å². The first-order valence-corrected chi connectivity index (χ1v) is 7.47. The maximum absolute atomic E-state index is 12.4. The number of H-pyrrole nitrogens is 1. The van der Waals surface area contributed by atoms with E-state index in [-0.39, 0.29) is 23.3 Å². The molecule has 2 rings (SSSR count). The summed E-state index contributed by atoms with van der Waals surface area (Å²) in [6, 6.07) is 0.197. The van der Waals surface area contributed by atoms with Crippen LogP contribution in [0.15, 0.2) is 0 Å². The number of nitrogen functional groups attached to an aromatic ring is 1. The number of nitrogens with two attached hydrogens (primary N) is 1. The third-order valence-electron chi connectivity index (χ3n) is 4.44. The van der Waals surface area contributed by atoms with Crippen LogP contribution in [0.5, 0.6) is 0 Å². The molecule has 5 heteroatoms. The van der Waals surface area contributed by atoms with Gasteiger partial charge in [0.1, 0.15) is 0 Å². The molecule has 1 aromatic rings. The minimum atomic E-state index is -0.161. The van der Waals surface area contributed by atoms with E-state index in [1.807, 2.05) is 13.8 Å². The van der Waals surface area contributed by atoms with Crippen LogP contribution in [0.2, 0.25) is 0 Å². The smallest absolute Gasteiger partial charge is 0.274 e. The Morgan fingerprint density at radius 1 is 1.45 bits per heavy atom. The van der Waals surface area contributed by atoms with E-state index in [9.17, 15) is 4.79 Å². The Kier molecular flexibility index (Phi) is 4.06. The second-order valence-electron chi connectivity index (χ2n) is 6.81. The number of amides is 1. The molecule has 0 bridgehead atoms. The molecule has 5 nitrogen and oxygen atoms in total. The minimum absolute atomic E-state index is 0.139. The Morgan fingerprint density at radius 2 is 2.15 bits per heavy atom. The predicted molar refractivity (Wildman–Crippen MR) is 80.6 cm³/mol. The highest BCUT2D eigenvalue weighted by molar-refractivity contribution is 5.97. The van der Waals surface area contributed by atoms with Crippen molar-refractivity contribution in [2.75, 3.05) is 5.73 Å². The molecule has 1 heterocycles. The molecule has 1 fully saturated rings. The number of nitrogens with zero attached hydrogens (tertiary/aromatic N) is 1. The first kappa shape index (κ1) is 14.9. The van der Waals surface area contributed by atoms with Crippen molar-refractivity contribution >= 4 is 11.6 Å². The molecule has 1 amide bonds. The highest BCUT2D eigenvalue weighted by Gasteiger charge is 2.34. The van der Waals surface area contributed by atoms with E-state index in [2.05, 4.69) is 29.4 Å². The van der Waals surface area contributed by atoms with Crippen LogP contribution >= 0.6 is 0 Å². The lowest BCUT2D eigenvalue weighted by Crippen LogP contribution is -2.47. The molecule has 112 valence electrons. The molecule has 4 N–H and O–H groups in total. The average Bonchev–Trinajstić information content (AvgIpc) is 2.73. The summed E-state index contributed by atoms with van der Waals surface area (Å²) in [5.74, 6) is 0.0702. The second kappa shape index (κ2) is 5.46. The Morgan fingerprint density at radius 3 is 2.70 bits per heavy atom. The molecule has 0 spiro atoms. The number of carbonyl (C=O) groups is 1. The zero-order valence-electron chi connectivity index (χ0n) is 12.9. The van der Waals surface area contributed by atoms with E-state index in [4.69, 9.17) is 5.73 Å². The summed E-state index contributed by atoms with van der Waals surface area (Å²) in [5, 5.41) is 10.1. The van der Waals surface area contributed by atoms with Gasteiger partial charge in [-0.1, -0.05) is 40.5 Å². The van der Waals surface area contributed by atoms with E-state index in [1.54, 1.807) is 0 Å². The lowest BCUT2D eigenvalue weighted by atomic mass is 9.73. The zero-order valence-corrected chi connectivity index (χ0v) is 12.9. The zero-order chi connectivity index (χ0) is 14.9. The van der Waals surface area contributed by atoms with Crippen molar-refractivity contribution in [3.05, 3.63) is 11.4 Å². The summed E-state index contributed by atoms with van der Waals surface area (Å²) in [5.41, 5.74) is 7.80. The SMILES string of the molecule is CC(C)c1[nH]nc(C(=O)NC2CCCCC2(C)C)c1N. The first-order chi connectivity index (χ1) is 9.33. The molecule has 1 aliphatic carbocycles. The van der Waals surface area contributed by atoms with Gasteiger partial charge in [-0.15, -0.1) is 0 Å². The number of hydrogen-bond acceptors (Lipinski definition) is 3. The monoisotopic (exact) mass is 278 g/mol. The molecule has 0 aliphatic heterocycles. The van der Waals surface area contributed by atoms with Gasteiger partial charge >= 0.3 is 0 Å². The van der Waals surface area contributed by atoms with Crippen LogP contribution in [0, 0.1) is 5.41 Å². The van der Waals surface area contributed by atoms with E-state index in [1.165, 1.54) is 12.8 Å². The number of anilines is 1. The fourth-order valence-corrected chi connectivity index (χ4v) is 2.97. The van der Waals surface area contributed by atoms with Crippen LogP contribution in [0.1, 0.15) is 75.5 Å². The maximum Gasteiger partial charge on any atom is 0.274 e. The van der Waals surface area contributed by atoms with E-state index in [0.29, 0.717) is 11.4 Å². The summed E-state index contributed by atoms with van der Waals surface area (Å²) in [4.78, 5) is 12.4. The van der Waals surface area contributed by atoms with Gasteiger partial charge in [-0.05, 0) is 24.2 Å². The summed E-state index contributed by atoms with van der Waals surface area (Å²) in [6.45, 7) is 8.47. The third kappa shape index (κ3) is 2.81. The fraction of sp³-hybridized carbons (Fsp3) is 0.733. The van der Waals surface area contributed by atoms with Crippen LogP contribution in [-0.4, -0.2) is 22.1 Å². The highest BCUT2D eigenvalue weighted by atomic mass is 16.2. The Balaban J connectivity index is 2.12. The van der Waals surface area contributed by atoms with E-state index < -0.39 is 0 Å². The van der Waals surface area contributed by atoms with Crippen LogP contribution in [0.4, 0.5) is 5.69 Å². The van der Waals surface area contributed by atoms with Crippen LogP contribution in [-0.2, 0) is 0 Å². The van der Waals surface area contributed by atoms with Gasteiger partial charge in [0.2, 0.25) is 0 Å². The first-order valence-electron chi connectivity index (χ1n) is 7.47. The van der Waals surface area contributed by atoms with Crippen LogP contribution < -0.4 is 11.1 Å². The summed E-state index contributed by atoms with van der Waals surface area (Å²) in [6.07, 6.45) is 4.58. The molecule has 1 saturated carbocycles. The minimum Gasteiger partial charge on any atom is -0.395 e. The molecule has 1 unspecified atom stereocenters. The van der Waals surface area contributed by atoms with Gasteiger partial charge in [0, 0.05) is 6.04 Å². The fourth-order valence-electron chi connectivity index (χ4n) is 2.97. The number of rotatable bonds is 3. The largest absolute Gasteiger partial charge is 0.395 e. The second-order valence-corrected chi connectivity index (χ2v) is 6.81. The Hall–Kier alpha value is -1.52. The van der Waals surface area contributed by atoms with Gasteiger partial charge in [0.15, 0.2) is 5.69 Å². The number of aromatic nitrogens is 2. The lowest BCUT2D eigenvalue weighted by Gasteiger charge is -2.38. The normalized spacial score (nSPS) is 21.9. The molecule has 0 aromatic carbocycles. The van der Waals surface area contributed by atoms with Crippen LogP contribution in [0.3, 0.4) is 0 Å². The summed E-state index contributed by atoms with van der Waals surface area (Å²) >= 11 is 0. The highest BCUT2D eigenvalue weighted by Crippen LogP contribution is 2.35. The predicted octanol–water partition coefficient (Wildman–Crippen LogP) is 2.81. The number of nitrogens with one attached hydrogen (secondary N) is 2. The molecule has 0 saturated heterocycles. The lowest BCUT2D eigenvalue weighted by molar-refractivity contribution is 0.0849. The van der Waals surface area contributed by atoms with Crippen molar-refractivity contribution < 1.29 is 4.79 Å². The van der Waals surface area contributed by atoms with Crippen molar-refractivity contribution in [3.63, 3.8) is 0 Å². The van der Waals surface area contributed by atoms with Gasteiger partial charge < -0.3 is 11.1 Å². The Labute approximate surface area is 120 Å². The van der Waals surface area contributed by atoms with Gasteiger partial charge in [-0.3, -0.25) is 9.89 Å². The van der Waals surface area contributed by atoms with Crippen molar-refractivity contribution in [1.82, 2.24) is 15.5 Å². The Bertz CT molecular complexity index is 490. The molecule has 1 atom stereocenters. The van der Waals surface area contributed by atoms with Crippen LogP contribution in [0.25, 0.3) is 0 Å². The van der Waals surface area contributed by atoms with Gasteiger partial charge in [0.25, 0.3) is 5.91 Å². The van der Waals surface area contributed by atoms with Crippen molar-refractivity contribution in [3.8, 4) is 0 Å². The van der Waals surface area contributed by atoms with Gasteiger partial charge in [0.05, 0.1) is 11.4 Å². The average molecular weight is 278 g/mol. The van der Waals surface area contributed by atoms with E-state index >= 15 is 0 Å². The molecule has 1 aromatic heterocycles. The number of hydrogen-bond donors (Lipinski definition) is 3. The van der Waals surface area contributed by atoms with Crippen molar-refractivity contribution in [2.45, 2.75) is 65.3 Å². The molecule has 20 heavy (non-hydrogen) atoms. The number of carbonyl (C=O) groups excluding carboxylic acids is 1. The third-order valence-corrected chi connectivity index (χ3v) is 4.44. The standard InChI is InChI=1S/C15H26N4O/c1-9(2)12-11(16)13(19-18-12)14(20)17-10-7-5-6-8-15(10,3)4/h9-10H,5-8,16H2,1-4H3,(H,17,20)(H,18,19). The van der Waals surface area contributed by atoms with Gasteiger partial charge in [-0.25, -0.2) is 0 Å². The molecule has 1 aliphatic rings. The van der Waals surface area contributed by atoms with Crippen molar-refractivity contribution in [2.24, 2.45) is 5.41 Å². The summed E-state index contributed by atoms with van der Waals surface area (Å²) < 4.78 is 0. The molecular formula is C15H26N4O. The summed E-state index contributed by atoms with van der Waals surface area (Å²) in [7, 11) is 0. The van der Waals surface area contributed by atoms with E-state index in [0.717, 1.165) is 18.5 Å².